The third-order valence-electron chi connectivity index (χ3n) is 3.42. The predicted octanol–water partition coefficient (Wildman–Crippen LogP) is 2.11. The molecular formula is C14H19NO3S2. The van der Waals surface area contributed by atoms with Crippen LogP contribution in [0, 0.1) is 25.2 Å². The second-order valence-electron chi connectivity index (χ2n) is 4.93. The summed E-state index contributed by atoms with van der Waals surface area (Å²) in [5, 5.41) is 0. The van der Waals surface area contributed by atoms with Crippen molar-refractivity contribution in [3.05, 3.63) is 17.0 Å². The normalized spacial score (nSPS) is 18.0. The maximum atomic E-state index is 12.4. The Morgan fingerprint density at radius 3 is 2.70 bits per heavy atom. The highest BCUT2D eigenvalue weighted by molar-refractivity contribution is 7.91. The van der Waals surface area contributed by atoms with Gasteiger partial charge in [-0.1, -0.05) is 5.92 Å². The summed E-state index contributed by atoms with van der Waals surface area (Å²) >= 11 is 1.33. The van der Waals surface area contributed by atoms with Gasteiger partial charge in [0.05, 0.1) is 6.61 Å². The van der Waals surface area contributed by atoms with Crippen LogP contribution in [-0.4, -0.2) is 39.0 Å². The first-order chi connectivity index (χ1) is 9.54. The lowest BCUT2D eigenvalue weighted by atomic mass is 9.99. The summed E-state index contributed by atoms with van der Waals surface area (Å²) < 4.78 is 32.2. The largest absolute Gasteiger partial charge is 0.369 e. The SMILES string of the molecule is C#CCOCC1CCN(S(=O)(=O)c2ccc(C)s2)CC1. The van der Waals surface area contributed by atoms with E-state index >= 15 is 0 Å². The second-order valence-corrected chi connectivity index (χ2v) is 8.38. The maximum Gasteiger partial charge on any atom is 0.252 e. The summed E-state index contributed by atoms with van der Waals surface area (Å²) in [6, 6.07) is 3.54. The molecule has 1 aromatic heterocycles. The van der Waals surface area contributed by atoms with Crippen molar-refractivity contribution in [2.45, 2.75) is 24.0 Å². The van der Waals surface area contributed by atoms with E-state index in [1.165, 1.54) is 11.3 Å². The zero-order chi connectivity index (χ0) is 14.6. The Kier molecular flexibility index (Phi) is 5.22. The number of ether oxygens (including phenoxy) is 1. The van der Waals surface area contributed by atoms with E-state index < -0.39 is 10.0 Å². The summed E-state index contributed by atoms with van der Waals surface area (Å²) in [6.45, 7) is 3.98. The topological polar surface area (TPSA) is 46.6 Å². The molecule has 1 aliphatic rings. The van der Waals surface area contributed by atoms with Crippen LogP contribution in [0.4, 0.5) is 0 Å². The quantitative estimate of drug-likeness (QED) is 0.618. The fourth-order valence-corrected chi connectivity index (χ4v) is 5.19. The van der Waals surface area contributed by atoms with Gasteiger partial charge in [0, 0.05) is 18.0 Å². The van der Waals surface area contributed by atoms with Gasteiger partial charge in [-0.15, -0.1) is 17.8 Å². The first kappa shape index (κ1) is 15.5. The van der Waals surface area contributed by atoms with E-state index in [0.29, 0.717) is 36.4 Å². The van der Waals surface area contributed by atoms with Gasteiger partial charge in [0.1, 0.15) is 10.8 Å². The molecule has 0 saturated carbocycles. The van der Waals surface area contributed by atoms with Crippen LogP contribution < -0.4 is 0 Å². The van der Waals surface area contributed by atoms with E-state index in [9.17, 15) is 8.42 Å². The Balaban J connectivity index is 1.92. The third kappa shape index (κ3) is 3.61. The second kappa shape index (κ2) is 6.72. The minimum Gasteiger partial charge on any atom is -0.369 e. The Hall–Kier alpha value is -0.870. The minimum absolute atomic E-state index is 0.326. The minimum atomic E-state index is -3.31. The Labute approximate surface area is 124 Å². The molecule has 0 N–H and O–H groups in total. The number of sulfonamides is 1. The van der Waals surface area contributed by atoms with Crippen LogP contribution >= 0.6 is 11.3 Å². The molecule has 1 aromatic rings. The standard InChI is InChI=1S/C14H19NO3S2/c1-3-10-18-11-13-6-8-15(9-7-13)20(16,17)14-5-4-12(2)19-14/h1,4-5,13H,6-11H2,2H3. The number of rotatable bonds is 5. The highest BCUT2D eigenvalue weighted by Crippen LogP contribution is 2.28. The summed E-state index contributed by atoms with van der Waals surface area (Å²) in [6.07, 6.45) is 6.78. The van der Waals surface area contributed by atoms with Crippen LogP contribution in [0.3, 0.4) is 0 Å². The number of nitrogens with zero attached hydrogens (tertiary/aromatic N) is 1. The molecule has 0 amide bonds. The monoisotopic (exact) mass is 313 g/mol. The first-order valence-electron chi connectivity index (χ1n) is 6.62. The number of thiophene rings is 1. The number of hydrogen-bond acceptors (Lipinski definition) is 4. The van der Waals surface area contributed by atoms with E-state index in [1.54, 1.807) is 10.4 Å². The number of terminal acetylenes is 1. The molecule has 4 nitrogen and oxygen atoms in total. The lowest BCUT2D eigenvalue weighted by Crippen LogP contribution is -2.39. The molecule has 0 radical (unpaired) electrons. The molecule has 1 saturated heterocycles. The van der Waals surface area contributed by atoms with E-state index in [2.05, 4.69) is 5.92 Å². The molecule has 0 atom stereocenters. The van der Waals surface area contributed by atoms with E-state index in [0.717, 1.165) is 17.7 Å². The van der Waals surface area contributed by atoms with Crippen LogP contribution in [0.15, 0.2) is 16.3 Å². The number of aryl methyl sites for hydroxylation is 1. The average Bonchev–Trinajstić information content (AvgIpc) is 2.87. The molecule has 20 heavy (non-hydrogen) atoms. The smallest absolute Gasteiger partial charge is 0.252 e. The van der Waals surface area contributed by atoms with E-state index in [-0.39, 0.29) is 0 Å². The molecule has 2 rings (SSSR count). The highest BCUT2D eigenvalue weighted by atomic mass is 32.2. The van der Waals surface area contributed by atoms with Gasteiger partial charge in [-0.05, 0) is 37.8 Å². The van der Waals surface area contributed by atoms with Crippen LogP contribution in [-0.2, 0) is 14.8 Å². The van der Waals surface area contributed by atoms with Crippen LogP contribution in [0.2, 0.25) is 0 Å². The fraction of sp³-hybridized carbons (Fsp3) is 0.571. The molecule has 0 aromatic carbocycles. The molecule has 1 aliphatic heterocycles. The predicted molar refractivity (Wildman–Crippen MR) is 80.2 cm³/mol. The lowest BCUT2D eigenvalue weighted by molar-refractivity contribution is 0.101. The van der Waals surface area contributed by atoms with Crippen molar-refractivity contribution >= 4 is 21.4 Å². The van der Waals surface area contributed by atoms with Crippen molar-refractivity contribution in [1.82, 2.24) is 4.31 Å². The van der Waals surface area contributed by atoms with Gasteiger partial charge < -0.3 is 4.74 Å². The molecule has 1 fully saturated rings. The van der Waals surface area contributed by atoms with Gasteiger partial charge >= 0.3 is 0 Å². The van der Waals surface area contributed by atoms with Gasteiger partial charge in [-0.3, -0.25) is 0 Å². The van der Waals surface area contributed by atoms with Crippen molar-refractivity contribution in [3.8, 4) is 12.3 Å². The summed E-state index contributed by atoms with van der Waals surface area (Å²) in [4.78, 5) is 1.01. The molecule has 110 valence electrons. The van der Waals surface area contributed by atoms with Crippen molar-refractivity contribution < 1.29 is 13.2 Å². The van der Waals surface area contributed by atoms with Crippen molar-refractivity contribution in [3.63, 3.8) is 0 Å². The van der Waals surface area contributed by atoms with Crippen LogP contribution in [0.1, 0.15) is 17.7 Å². The van der Waals surface area contributed by atoms with E-state index in [4.69, 9.17) is 11.2 Å². The fourth-order valence-electron chi connectivity index (χ4n) is 2.28. The molecule has 0 spiro atoms. The number of piperidine rings is 1. The summed E-state index contributed by atoms with van der Waals surface area (Å²) in [7, 11) is -3.31. The molecule has 0 bridgehead atoms. The molecule has 2 heterocycles. The zero-order valence-electron chi connectivity index (χ0n) is 11.5. The van der Waals surface area contributed by atoms with Gasteiger partial charge in [-0.2, -0.15) is 4.31 Å². The summed E-state index contributed by atoms with van der Waals surface area (Å²) in [5.74, 6) is 2.84. The van der Waals surface area contributed by atoms with Crippen molar-refractivity contribution in [2.75, 3.05) is 26.3 Å². The van der Waals surface area contributed by atoms with Gasteiger partial charge in [0.2, 0.25) is 0 Å². The number of hydrogen-bond donors (Lipinski definition) is 0. The van der Waals surface area contributed by atoms with Gasteiger partial charge in [0.25, 0.3) is 10.0 Å². The third-order valence-corrected chi connectivity index (χ3v) is 6.79. The summed E-state index contributed by atoms with van der Waals surface area (Å²) in [5.41, 5.74) is 0. The van der Waals surface area contributed by atoms with Gasteiger partial charge in [0.15, 0.2) is 0 Å². The average molecular weight is 313 g/mol. The maximum absolute atomic E-state index is 12.4. The molecular weight excluding hydrogens is 294 g/mol. The molecule has 0 unspecified atom stereocenters. The Morgan fingerprint density at radius 1 is 1.45 bits per heavy atom. The van der Waals surface area contributed by atoms with Crippen LogP contribution in [0.25, 0.3) is 0 Å². The molecule has 6 heteroatoms. The highest BCUT2D eigenvalue weighted by Gasteiger charge is 2.30. The van der Waals surface area contributed by atoms with Gasteiger partial charge in [-0.25, -0.2) is 8.42 Å². The Bertz CT molecular complexity index is 578. The van der Waals surface area contributed by atoms with Crippen molar-refractivity contribution in [1.29, 1.82) is 0 Å². The van der Waals surface area contributed by atoms with E-state index in [1.807, 2.05) is 13.0 Å². The molecule has 0 aliphatic carbocycles. The lowest BCUT2D eigenvalue weighted by Gasteiger charge is -2.30. The Morgan fingerprint density at radius 2 is 2.15 bits per heavy atom. The zero-order valence-corrected chi connectivity index (χ0v) is 13.2. The van der Waals surface area contributed by atoms with Crippen LogP contribution in [0.5, 0.6) is 0 Å². The first-order valence-corrected chi connectivity index (χ1v) is 8.87. The van der Waals surface area contributed by atoms with Crippen molar-refractivity contribution in [2.24, 2.45) is 5.92 Å².